The van der Waals surface area contributed by atoms with E-state index in [2.05, 4.69) is 9.71 Å². The zero-order valence-corrected chi connectivity index (χ0v) is 14.1. The van der Waals surface area contributed by atoms with Gasteiger partial charge >= 0.3 is 5.63 Å². The minimum absolute atomic E-state index is 0.0592. The quantitative estimate of drug-likeness (QED) is 0.555. The van der Waals surface area contributed by atoms with Crippen molar-refractivity contribution in [2.75, 3.05) is 4.72 Å². The molecule has 0 aliphatic rings. The first-order valence-corrected chi connectivity index (χ1v) is 9.05. The van der Waals surface area contributed by atoms with Crippen molar-refractivity contribution in [3.05, 3.63) is 77.6 Å². The minimum Gasteiger partial charge on any atom is -0.444 e. The van der Waals surface area contributed by atoms with Gasteiger partial charge in [0.15, 0.2) is 12.2 Å². The van der Waals surface area contributed by atoms with Crippen molar-refractivity contribution in [1.29, 1.82) is 0 Å². The van der Waals surface area contributed by atoms with Gasteiger partial charge in [-0.15, -0.1) is 0 Å². The van der Waals surface area contributed by atoms with E-state index in [-0.39, 0.29) is 4.90 Å². The van der Waals surface area contributed by atoms with Gasteiger partial charge in [0.2, 0.25) is 0 Å². The highest BCUT2D eigenvalue weighted by molar-refractivity contribution is 7.92. The maximum absolute atomic E-state index is 12.7. The number of fused-ring (bicyclic) bond motifs is 1. The van der Waals surface area contributed by atoms with E-state index >= 15 is 0 Å². The Hall–Kier alpha value is -3.39. The summed E-state index contributed by atoms with van der Waals surface area (Å²) in [6, 6.07) is 13.8. The Morgan fingerprint density at radius 1 is 1.00 bits per heavy atom. The van der Waals surface area contributed by atoms with Crippen LogP contribution < -0.4 is 10.3 Å². The van der Waals surface area contributed by atoms with Crippen LogP contribution in [-0.4, -0.2) is 13.4 Å². The van der Waals surface area contributed by atoms with Crippen molar-refractivity contribution >= 4 is 26.7 Å². The van der Waals surface area contributed by atoms with Gasteiger partial charge in [0.25, 0.3) is 10.0 Å². The third-order valence-corrected chi connectivity index (χ3v) is 5.11. The molecule has 8 heteroatoms. The number of rotatable bonds is 4. The number of oxazole rings is 1. The number of aromatic nitrogens is 1. The summed E-state index contributed by atoms with van der Waals surface area (Å²) in [7, 11) is -3.82. The second-order valence-electron chi connectivity index (χ2n) is 5.51. The van der Waals surface area contributed by atoms with Gasteiger partial charge in [-0.2, -0.15) is 0 Å². The highest BCUT2D eigenvalue weighted by Crippen LogP contribution is 2.25. The Balaban J connectivity index is 1.68. The molecular formula is C18H12N2O5S. The van der Waals surface area contributed by atoms with Gasteiger partial charge in [-0.3, -0.25) is 4.72 Å². The number of hydrogen-bond donors (Lipinski definition) is 1. The molecule has 0 saturated carbocycles. The van der Waals surface area contributed by atoms with Crippen LogP contribution in [0.2, 0.25) is 0 Å². The van der Waals surface area contributed by atoms with Gasteiger partial charge in [-0.05, 0) is 36.4 Å². The van der Waals surface area contributed by atoms with Crippen molar-refractivity contribution in [3.8, 4) is 11.3 Å². The molecule has 2 aromatic heterocycles. The molecule has 7 nitrogen and oxygen atoms in total. The molecule has 2 heterocycles. The molecule has 130 valence electrons. The summed E-state index contributed by atoms with van der Waals surface area (Å²) in [6.45, 7) is 0. The van der Waals surface area contributed by atoms with E-state index in [0.29, 0.717) is 28.0 Å². The van der Waals surface area contributed by atoms with Crippen molar-refractivity contribution in [2.45, 2.75) is 4.90 Å². The second-order valence-corrected chi connectivity index (χ2v) is 7.19. The van der Waals surface area contributed by atoms with Crippen LogP contribution in [0.5, 0.6) is 0 Å². The minimum atomic E-state index is -3.82. The lowest BCUT2D eigenvalue weighted by atomic mass is 10.2. The number of anilines is 1. The molecule has 0 aliphatic carbocycles. The maximum Gasteiger partial charge on any atom is 0.336 e. The van der Waals surface area contributed by atoms with Crippen LogP contribution in [-0.2, 0) is 10.0 Å². The molecule has 0 amide bonds. The molecule has 0 radical (unpaired) electrons. The SMILES string of the molecule is O=c1ccc2cc(S(=O)(=O)Nc3cccc(-c4cnco4)c3)ccc2o1. The van der Waals surface area contributed by atoms with Gasteiger partial charge in [0.05, 0.1) is 11.1 Å². The molecule has 0 spiro atoms. The van der Waals surface area contributed by atoms with E-state index in [4.69, 9.17) is 8.83 Å². The fraction of sp³-hybridized carbons (Fsp3) is 0. The van der Waals surface area contributed by atoms with Crippen molar-refractivity contribution in [3.63, 3.8) is 0 Å². The molecule has 4 aromatic rings. The highest BCUT2D eigenvalue weighted by atomic mass is 32.2. The van der Waals surface area contributed by atoms with Crippen molar-refractivity contribution in [2.24, 2.45) is 0 Å². The molecule has 4 rings (SSSR count). The van der Waals surface area contributed by atoms with Gasteiger partial charge in [0, 0.05) is 22.7 Å². The van der Waals surface area contributed by atoms with Crippen LogP contribution in [0, 0.1) is 0 Å². The average Bonchev–Trinajstić information content (AvgIpc) is 3.16. The predicted molar refractivity (Wildman–Crippen MR) is 95.2 cm³/mol. The monoisotopic (exact) mass is 368 g/mol. The summed E-state index contributed by atoms with van der Waals surface area (Å²) >= 11 is 0. The fourth-order valence-corrected chi connectivity index (χ4v) is 3.61. The van der Waals surface area contributed by atoms with Crippen molar-refractivity contribution < 1.29 is 17.3 Å². The smallest absolute Gasteiger partial charge is 0.336 e. The molecule has 0 fully saturated rings. The van der Waals surface area contributed by atoms with Crippen LogP contribution in [0.3, 0.4) is 0 Å². The first kappa shape index (κ1) is 16.1. The van der Waals surface area contributed by atoms with E-state index in [0.717, 1.165) is 0 Å². The molecule has 0 unspecified atom stereocenters. The summed E-state index contributed by atoms with van der Waals surface area (Å²) in [6.07, 6.45) is 2.85. The Kier molecular flexibility index (Phi) is 3.81. The van der Waals surface area contributed by atoms with Gasteiger partial charge in [-0.25, -0.2) is 18.2 Å². The fourth-order valence-electron chi connectivity index (χ4n) is 2.53. The normalized spacial score (nSPS) is 11.5. The van der Waals surface area contributed by atoms with Crippen LogP contribution in [0.4, 0.5) is 5.69 Å². The predicted octanol–water partition coefficient (Wildman–Crippen LogP) is 3.25. The summed E-state index contributed by atoms with van der Waals surface area (Å²) in [5.74, 6) is 0.534. The molecule has 0 bridgehead atoms. The lowest BCUT2D eigenvalue weighted by Crippen LogP contribution is -2.13. The molecule has 2 aromatic carbocycles. The molecule has 0 saturated heterocycles. The number of sulfonamides is 1. The third kappa shape index (κ3) is 3.09. The summed E-state index contributed by atoms with van der Waals surface area (Å²) < 4.78 is 38.1. The van der Waals surface area contributed by atoms with Crippen LogP contribution in [0.1, 0.15) is 0 Å². The number of benzene rings is 2. The summed E-state index contributed by atoms with van der Waals surface area (Å²) in [4.78, 5) is 15.1. The third-order valence-electron chi connectivity index (χ3n) is 3.73. The molecular weight excluding hydrogens is 356 g/mol. The van der Waals surface area contributed by atoms with Crippen LogP contribution >= 0.6 is 0 Å². The van der Waals surface area contributed by atoms with Gasteiger partial charge < -0.3 is 8.83 Å². The lowest BCUT2D eigenvalue weighted by Gasteiger charge is -2.09. The molecule has 0 aliphatic heterocycles. The van der Waals surface area contributed by atoms with E-state index in [1.54, 1.807) is 30.5 Å². The van der Waals surface area contributed by atoms with Crippen LogP contribution in [0.15, 0.2) is 85.7 Å². The number of nitrogens with one attached hydrogen (secondary N) is 1. The molecule has 0 atom stereocenters. The van der Waals surface area contributed by atoms with E-state index in [9.17, 15) is 13.2 Å². The van der Waals surface area contributed by atoms with Gasteiger partial charge in [0.1, 0.15) is 5.58 Å². The van der Waals surface area contributed by atoms with Crippen molar-refractivity contribution in [1.82, 2.24) is 4.98 Å². The zero-order chi connectivity index (χ0) is 18.1. The Morgan fingerprint density at radius 2 is 1.88 bits per heavy atom. The number of nitrogens with zero attached hydrogens (tertiary/aromatic N) is 1. The van der Waals surface area contributed by atoms with E-state index < -0.39 is 15.6 Å². The average molecular weight is 368 g/mol. The number of hydrogen-bond acceptors (Lipinski definition) is 6. The second kappa shape index (κ2) is 6.16. The summed E-state index contributed by atoms with van der Waals surface area (Å²) in [5.41, 5.74) is 0.917. The highest BCUT2D eigenvalue weighted by Gasteiger charge is 2.16. The van der Waals surface area contributed by atoms with E-state index in [1.165, 1.54) is 36.7 Å². The largest absolute Gasteiger partial charge is 0.444 e. The Morgan fingerprint density at radius 3 is 2.69 bits per heavy atom. The zero-order valence-electron chi connectivity index (χ0n) is 13.2. The van der Waals surface area contributed by atoms with E-state index in [1.807, 2.05) is 0 Å². The first-order chi connectivity index (χ1) is 12.5. The Bertz CT molecular complexity index is 1240. The standard InChI is InChI=1S/C18H12N2O5S/c21-18-7-4-13-9-15(5-6-16(13)25-18)26(22,23)20-14-3-1-2-12(8-14)17-10-19-11-24-17/h1-11,20H. The topological polar surface area (TPSA) is 102 Å². The lowest BCUT2D eigenvalue weighted by molar-refractivity contribution is 0.560. The first-order valence-electron chi connectivity index (χ1n) is 7.57. The molecule has 26 heavy (non-hydrogen) atoms. The van der Waals surface area contributed by atoms with Crippen LogP contribution in [0.25, 0.3) is 22.3 Å². The summed E-state index contributed by atoms with van der Waals surface area (Å²) in [5, 5.41) is 0.517. The molecule has 1 N–H and O–H groups in total. The Labute approximate surface area is 148 Å². The van der Waals surface area contributed by atoms with Gasteiger partial charge in [-0.1, -0.05) is 12.1 Å². The maximum atomic E-state index is 12.7.